The van der Waals surface area contributed by atoms with Crippen LogP contribution in [0.25, 0.3) is 0 Å². The standard InChI is InChI=1S/C15H20ClNOS/c16-15-8-7-11(19-15)10-17-9-2-1-5-13(17)12-4-3-6-14(12)18/h7-8,12-13H,1-6,9-10H2. The molecule has 1 aliphatic heterocycles. The minimum Gasteiger partial charge on any atom is -0.299 e. The maximum Gasteiger partial charge on any atom is 0.137 e. The molecule has 2 heterocycles. The third-order valence-corrected chi connectivity index (χ3v) is 5.68. The normalized spacial score (nSPS) is 29.0. The maximum atomic E-state index is 12.0. The van der Waals surface area contributed by atoms with E-state index >= 15 is 0 Å². The van der Waals surface area contributed by atoms with Gasteiger partial charge in [-0.2, -0.15) is 0 Å². The van der Waals surface area contributed by atoms with Crippen molar-refractivity contribution in [3.05, 3.63) is 21.3 Å². The van der Waals surface area contributed by atoms with Gasteiger partial charge in [-0.1, -0.05) is 18.0 Å². The molecule has 0 bridgehead atoms. The summed E-state index contributed by atoms with van der Waals surface area (Å²) in [6.45, 7) is 2.09. The lowest BCUT2D eigenvalue weighted by atomic mass is 9.88. The number of Topliss-reactive ketones (excluding diaryl/α,β-unsaturated/α-hetero) is 1. The van der Waals surface area contributed by atoms with E-state index in [-0.39, 0.29) is 0 Å². The van der Waals surface area contributed by atoms with Crippen LogP contribution >= 0.6 is 22.9 Å². The second-order valence-corrected chi connectivity index (χ2v) is 7.50. The molecule has 19 heavy (non-hydrogen) atoms. The predicted octanol–water partition coefficient (Wildman–Crippen LogP) is 4.13. The molecule has 1 saturated heterocycles. The number of thiophene rings is 1. The first-order chi connectivity index (χ1) is 9.24. The van der Waals surface area contributed by atoms with Gasteiger partial charge in [0, 0.05) is 29.8 Å². The number of rotatable bonds is 3. The molecule has 1 aliphatic carbocycles. The summed E-state index contributed by atoms with van der Waals surface area (Å²) in [6, 6.07) is 4.57. The fraction of sp³-hybridized carbons (Fsp3) is 0.667. The fourth-order valence-corrected chi connectivity index (χ4v) is 4.67. The largest absolute Gasteiger partial charge is 0.299 e. The van der Waals surface area contributed by atoms with Crippen LogP contribution in [-0.2, 0) is 11.3 Å². The molecule has 0 radical (unpaired) electrons. The van der Waals surface area contributed by atoms with E-state index in [9.17, 15) is 4.79 Å². The van der Waals surface area contributed by atoms with Gasteiger partial charge in [-0.05, 0) is 44.4 Å². The Hall–Kier alpha value is -0.380. The van der Waals surface area contributed by atoms with Gasteiger partial charge in [0.05, 0.1) is 4.34 Å². The molecule has 0 spiro atoms. The van der Waals surface area contributed by atoms with Crippen LogP contribution in [-0.4, -0.2) is 23.3 Å². The number of likely N-dealkylation sites (tertiary alicyclic amines) is 1. The Morgan fingerprint density at radius 2 is 2.16 bits per heavy atom. The van der Waals surface area contributed by atoms with Gasteiger partial charge in [0.15, 0.2) is 0 Å². The van der Waals surface area contributed by atoms with Crippen molar-refractivity contribution in [2.45, 2.75) is 51.1 Å². The molecule has 2 fully saturated rings. The van der Waals surface area contributed by atoms with Gasteiger partial charge in [-0.15, -0.1) is 11.3 Å². The van der Waals surface area contributed by atoms with E-state index in [1.807, 2.05) is 6.07 Å². The highest BCUT2D eigenvalue weighted by Crippen LogP contribution is 2.34. The molecule has 2 unspecified atom stereocenters. The smallest absolute Gasteiger partial charge is 0.137 e. The number of carbonyl (C=O) groups excluding carboxylic acids is 1. The van der Waals surface area contributed by atoms with Crippen molar-refractivity contribution in [2.24, 2.45) is 5.92 Å². The summed E-state index contributed by atoms with van der Waals surface area (Å²) in [5, 5.41) is 0. The van der Waals surface area contributed by atoms with Crippen molar-refractivity contribution in [3.63, 3.8) is 0 Å². The van der Waals surface area contributed by atoms with Crippen molar-refractivity contribution in [1.29, 1.82) is 0 Å². The van der Waals surface area contributed by atoms with E-state index in [1.54, 1.807) is 11.3 Å². The zero-order chi connectivity index (χ0) is 13.2. The summed E-state index contributed by atoms with van der Waals surface area (Å²) >= 11 is 7.68. The topological polar surface area (TPSA) is 20.3 Å². The lowest BCUT2D eigenvalue weighted by Gasteiger charge is -2.38. The average molecular weight is 298 g/mol. The van der Waals surface area contributed by atoms with Gasteiger partial charge in [0.25, 0.3) is 0 Å². The first kappa shape index (κ1) is 13.6. The van der Waals surface area contributed by atoms with Gasteiger partial charge in [0.1, 0.15) is 5.78 Å². The van der Waals surface area contributed by atoms with Crippen LogP contribution in [0.1, 0.15) is 43.4 Å². The van der Waals surface area contributed by atoms with Crippen LogP contribution in [0, 0.1) is 5.92 Å². The van der Waals surface area contributed by atoms with Gasteiger partial charge in [0.2, 0.25) is 0 Å². The lowest BCUT2D eigenvalue weighted by molar-refractivity contribution is -0.123. The zero-order valence-corrected chi connectivity index (χ0v) is 12.7. The van der Waals surface area contributed by atoms with Crippen LogP contribution in [0.15, 0.2) is 12.1 Å². The summed E-state index contributed by atoms with van der Waals surface area (Å²) in [7, 11) is 0. The van der Waals surface area contributed by atoms with Crippen LogP contribution in [0.3, 0.4) is 0 Å². The van der Waals surface area contributed by atoms with E-state index in [0.29, 0.717) is 17.7 Å². The van der Waals surface area contributed by atoms with Crippen molar-refractivity contribution in [1.82, 2.24) is 4.90 Å². The number of hydrogen-bond acceptors (Lipinski definition) is 3. The lowest BCUT2D eigenvalue weighted by Crippen LogP contribution is -2.44. The second-order valence-electron chi connectivity index (χ2n) is 5.70. The molecule has 1 saturated carbocycles. The van der Waals surface area contributed by atoms with E-state index in [0.717, 1.165) is 36.7 Å². The number of piperidine rings is 1. The van der Waals surface area contributed by atoms with Crippen molar-refractivity contribution >= 4 is 28.7 Å². The summed E-state index contributed by atoms with van der Waals surface area (Å²) in [5.74, 6) is 0.803. The fourth-order valence-electron chi connectivity index (χ4n) is 3.56. The van der Waals surface area contributed by atoms with Crippen LogP contribution in [0.5, 0.6) is 0 Å². The number of hydrogen-bond donors (Lipinski definition) is 0. The summed E-state index contributed by atoms with van der Waals surface area (Å²) in [6.07, 6.45) is 6.73. The quantitative estimate of drug-likeness (QED) is 0.836. The monoisotopic (exact) mass is 297 g/mol. The highest BCUT2D eigenvalue weighted by Gasteiger charge is 2.36. The highest BCUT2D eigenvalue weighted by atomic mass is 35.5. The molecule has 0 aromatic carbocycles. The molecular weight excluding hydrogens is 278 g/mol. The Morgan fingerprint density at radius 3 is 2.84 bits per heavy atom. The van der Waals surface area contributed by atoms with Gasteiger partial charge in [-0.3, -0.25) is 9.69 Å². The Kier molecular flexibility index (Phi) is 4.25. The second kappa shape index (κ2) is 5.94. The van der Waals surface area contributed by atoms with E-state index < -0.39 is 0 Å². The molecule has 1 aromatic heterocycles. The van der Waals surface area contributed by atoms with Gasteiger partial charge < -0.3 is 0 Å². The van der Waals surface area contributed by atoms with E-state index in [4.69, 9.17) is 11.6 Å². The maximum absolute atomic E-state index is 12.0. The van der Waals surface area contributed by atoms with Gasteiger partial charge in [-0.25, -0.2) is 0 Å². The first-order valence-corrected chi connectivity index (χ1v) is 8.44. The van der Waals surface area contributed by atoms with Crippen molar-refractivity contribution < 1.29 is 4.79 Å². The minimum absolute atomic E-state index is 0.302. The van der Waals surface area contributed by atoms with Gasteiger partial charge >= 0.3 is 0 Å². The number of ketones is 1. The third kappa shape index (κ3) is 3.04. The van der Waals surface area contributed by atoms with Crippen molar-refractivity contribution in [3.8, 4) is 0 Å². The average Bonchev–Trinajstić information content (AvgIpc) is 2.99. The molecule has 2 atom stereocenters. The molecule has 4 heteroatoms. The SMILES string of the molecule is O=C1CCCC1C1CCCCN1Cc1ccc(Cl)s1. The predicted molar refractivity (Wildman–Crippen MR) is 79.7 cm³/mol. The molecule has 2 aliphatic rings. The minimum atomic E-state index is 0.302. The molecule has 0 N–H and O–H groups in total. The highest BCUT2D eigenvalue weighted by molar-refractivity contribution is 7.16. The molecular formula is C15H20ClNOS. The first-order valence-electron chi connectivity index (χ1n) is 7.25. The number of nitrogens with zero attached hydrogens (tertiary/aromatic N) is 1. The van der Waals surface area contributed by atoms with Crippen molar-refractivity contribution in [2.75, 3.05) is 6.54 Å². The molecule has 104 valence electrons. The Balaban J connectivity index is 1.71. The Labute approximate surface area is 123 Å². The Bertz CT molecular complexity index is 459. The van der Waals surface area contributed by atoms with Crippen LogP contribution in [0.2, 0.25) is 4.34 Å². The zero-order valence-electron chi connectivity index (χ0n) is 11.1. The molecule has 3 rings (SSSR count). The molecule has 0 amide bonds. The van der Waals surface area contributed by atoms with E-state index in [2.05, 4.69) is 11.0 Å². The third-order valence-electron chi connectivity index (χ3n) is 4.47. The van der Waals surface area contributed by atoms with Crippen LogP contribution in [0.4, 0.5) is 0 Å². The summed E-state index contributed by atoms with van der Waals surface area (Å²) in [4.78, 5) is 15.9. The molecule has 2 nitrogen and oxygen atoms in total. The number of carbonyl (C=O) groups is 1. The van der Waals surface area contributed by atoms with E-state index in [1.165, 1.54) is 24.1 Å². The van der Waals surface area contributed by atoms with Crippen LogP contribution < -0.4 is 0 Å². The Morgan fingerprint density at radius 1 is 1.26 bits per heavy atom. The summed E-state index contributed by atoms with van der Waals surface area (Å²) in [5.41, 5.74) is 0. The molecule has 1 aromatic rings. The summed E-state index contributed by atoms with van der Waals surface area (Å²) < 4.78 is 0.862. The number of halogens is 1.